The van der Waals surface area contributed by atoms with E-state index in [1.807, 2.05) is 6.92 Å². The zero-order valence-corrected chi connectivity index (χ0v) is 11.0. The van der Waals surface area contributed by atoms with Crippen LogP contribution < -0.4 is 5.32 Å². The highest BCUT2D eigenvalue weighted by Crippen LogP contribution is 2.26. The molecule has 0 spiro atoms. The molecule has 5 nitrogen and oxygen atoms in total. The van der Waals surface area contributed by atoms with E-state index in [0.717, 1.165) is 12.8 Å². The SMILES string of the molecule is CCCS(=O)(=O)N1CCC2NC(=O)CCC2C1. The number of hydrogen-bond acceptors (Lipinski definition) is 3. The summed E-state index contributed by atoms with van der Waals surface area (Å²) in [5.41, 5.74) is 0. The van der Waals surface area contributed by atoms with Crippen LogP contribution in [0.3, 0.4) is 0 Å². The molecule has 2 rings (SSSR count). The van der Waals surface area contributed by atoms with Gasteiger partial charge >= 0.3 is 0 Å². The standard InChI is InChI=1S/C11H20N2O3S/c1-2-7-17(15,16)13-6-5-10-9(8-13)3-4-11(14)12-10/h9-10H,2-8H2,1H3,(H,12,14). The van der Waals surface area contributed by atoms with Crippen LogP contribution in [0.25, 0.3) is 0 Å². The van der Waals surface area contributed by atoms with Gasteiger partial charge in [0.25, 0.3) is 0 Å². The fourth-order valence-corrected chi connectivity index (χ4v) is 4.29. The van der Waals surface area contributed by atoms with Crippen molar-refractivity contribution in [1.82, 2.24) is 9.62 Å². The summed E-state index contributed by atoms with van der Waals surface area (Å²) in [7, 11) is -3.08. The molecule has 0 bridgehead atoms. The van der Waals surface area contributed by atoms with E-state index >= 15 is 0 Å². The van der Waals surface area contributed by atoms with E-state index in [9.17, 15) is 13.2 Å². The Hall–Kier alpha value is -0.620. The minimum Gasteiger partial charge on any atom is -0.353 e. The molecule has 2 aliphatic rings. The lowest BCUT2D eigenvalue weighted by Crippen LogP contribution is -2.55. The summed E-state index contributed by atoms with van der Waals surface area (Å²) in [5, 5.41) is 2.96. The molecule has 0 aliphatic carbocycles. The number of nitrogens with zero attached hydrogens (tertiary/aromatic N) is 1. The van der Waals surface area contributed by atoms with Crippen LogP contribution in [-0.4, -0.2) is 43.5 Å². The highest BCUT2D eigenvalue weighted by atomic mass is 32.2. The molecule has 2 heterocycles. The summed E-state index contributed by atoms with van der Waals surface area (Å²) in [6.45, 7) is 3.00. The molecule has 0 aromatic carbocycles. The van der Waals surface area contributed by atoms with Gasteiger partial charge in [0.2, 0.25) is 15.9 Å². The van der Waals surface area contributed by atoms with Gasteiger partial charge in [-0.2, -0.15) is 0 Å². The van der Waals surface area contributed by atoms with E-state index in [2.05, 4.69) is 5.32 Å². The Morgan fingerprint density at radius 2 is 2.18 bits per heavy atom. The van der Waals surface area contributed by atoms with Crippen LogP contribution >= 0.6 is 0 Å². The summed E-state index contributed by atoms with van der Waals surface area (Å²) in [4.78, 5) is 11.3. The van der Waals surface area contributed by atoms with Gasteiger partial charge in [-0.25, -0.2) is 12.7 Å². The smallest absolute Gasteiger partial charge is 0.220 e. The van der Waals surface area contributed by atoms with E-state index in [1.165, 1.54) is 0 Å². The quantitative estimate of drug-likeness (QED) is 0.795. The highest BCUT2D eigenvalue weighted by Gasteiger charge is 2.37. The molecule has 2 fully saturated rings. The third-order valence-corrected chi connectivity index (χ3v) is 5.68. The maximum absolute atomic E-state index is 12.0. The molecule has 2 saturated heterocycles. The zero-order valence-electron chi connectivity index (χ0n) is 10.2. The van der Waals surface area contributed by atoms with E-state index in [1.54, 1.807) is 4.31 Å². The molecule has 1 N–H and O–H groups in total. The van der Waals surface area contributed by atoms with Gasteiger partial charge in [0.05, 0.1) is 5.75 Å². The second-order valence-corrected chi connectivity index (χ2v) is 7.02. The first-order chi connectivity index (χ1) is 8.03. The van der Waals surface area contributed by atoms with Crippen molar-refractivity contribution in [1.29, 1.82) is 0 Å². The topological polar surface area (TPSA) is 66.5 Å². The van der Waals surface area contributed by atoms with Gasteiger partial charge in [-0.1, -0.05) is 6.92 Å². The van der Waals surface area contributed by atoms with Crippen LogP contribution in [0, 0.1) is 5.92 Å². The molecule has 17 heavy (non-hydrogen) atoms. The third kappa shape index (κ3) is 2.80. The summed E-state index contributed by atoms with van der Waals surface area (Å²) < 4.78 is 25.5. The van der Waals surface area contributed by atoms with Crippen LogP contribution in [0.4, 0.5) is 0 Å². The van der Waals surface area contributed by atoms with Crippen molar-refractivity contribution >= 4 is 15.9 Å². The molecular formula is C11H20N2O3S. The lowest BCUT2D eigenvalue weighted by atomic mass is 9.86. The second kappa shape index (κ2) is 4.94. The summed E-state index contributed by atoms with van der Waals surface area (Å²) in [6, 6.07) is 0.185. The van der Waals surface area contributed by atoms with Gasteiger partial charge < -0.3 is 5.32 Å². The molecule has 98 valence electrons. The Morgan fingerprint density at radius 1 is 1.41 bits per heavy atom. The molecule has 2 atom stereocenters. The Balaban J connectivity index is 2.01. The minimum absolute atomic E-state index is 0.108. The van der Waals surface area contributed by atoms with Crippen LogP contribution in [-0.2, 0) is 14.8 Å². The number of fused-ring (bicyclic) bond motifs is 1. The van der Waals surface area contributed by atoms with E-state index in [0.29, 0.717) is 31.8 Å². The van der Waals surface area contributed by atoms with Gasteiger partial charge in [0, 0.05) is 25.6 Å². The number of amides is 1. The summed E-state index contributed by atoms with van der Waals surface area (Å²) >= 11 is 0. The Kier molecular flexibility index (Phi) is 3.73. The van der Waals surface area contributed by atoms with Crippen LogP contribution in [0.15, 0.2) is 0 Å². The van der Waals surface area contributed by atoms with Crippen molar-refractivity contribution in [3.8, 4) is 0 Å². The average molecular weight is 260 g/mol. The number of piperidine rings is 2. The van der Waals surface area contributed by atoms with Gasteiger partial charge in [0.1, 0.15) is 0 Å². The predicted molar refractivity (Wildman–Crippen MR) is 64.9 cm³/mol. The van der Waals surface area contributed by atoms with E-state index in [-0.39, 0.29) is 17.7 Å². The van der Waals surface area contributed by atoms with Crippen molar-refractivity contribution in [2.45, 2.75) is 38.6 Å². The largest absolute Gasteiger partial charge is 0.353 e. The fraction of sp³-hybridized carbons (Fsp3) is 0.909. The van der Waals surface area contributed by atoms with Crippen molar-refractivity contribution in [2.24, 2.45) is 5.92 Å². The maximum Gasteiger partial charge on any atom is 0.220 e. The molecular weight excluding hydrogens is 240 g/mol. The molecule has 2 aliphatic heterocycles. The number of sulfonamides is 1. The third-order valence-electron chi connectivity index (χ3n) is 3.64. The van der Waals surface area contributed by atoms with Crippen LogP contribution in [0.5, 0.6) is 0 Å². The molecule has 1 amide bonds. The fourth-order valence-electron chi connectivity index (χ4n) is 2.72. The first-order valence-corrected chi connectivity index (χ1v) is 7.91. The molecule has 2 unspecified atom stereocenters. The van der Waals surface area contributed by atoms with Gasteiger partial charge in [0.15, 0.2) is 0 Å². The maximum atomic E-state index is 12.0. The van der Waals surface area contributed by atoms with Crippen molar-refractivity contribution in [2.75, 3.05) is 18.8 Å². The normalized spacial score (nSPS) is 30.8. The highest BCUT2D eigenvalue weighted by molar-refractivity contribution is 7.89. The molecule has 0 aromatic heterocycles. The zero-order chi connectivity index (χ0) is 12.5. The van der Waals surface area contributed by atoms with E-state index < -0.39 is 10.0 Å². The number of carbonyl (C=O) groups excluding carboxylic acids is 1. The lowest BCUT2D eigenvalue weighted by Gasteiger charge is -2.40. The molecule has 6 heteroatoms. The Morgan fingerprint density at radius 3 is 2.88 bits per heavy atom. The number of nitrogens with one attached hydrogen (secondary N) is 1. The van der Waals surface area contributed by atoms with Crippen molar-refractivity contribution in [3.63, 3.8) is 0 Å². The number of carbonyl (C=O) groups is 1. The Labute approximate surface area is 103 Å². The van der Waals surface area contributed by atoms with Crippen molar-refractivity contribution < 1.29 is 13.2 Å². The lowest BCUT2D eigenvalue weighted by molar-refractivity contribution is -0.124. The number of rotatable bonds is 3. The first kappa shape index (κ1) is 12.8. The van der Waals surface area contributed by atoms with Gasteiger partial charge in [-0.3, -0.25) is 4.79 Å². The number of hydrogen-bond donors (Lipinski definition) is 1. The predicted octanol–water partition coefficient (Wildman–Crippen LogP) is 0.327. The van der Waals surface area contributed by atoms with Gasteiger partial charge in [-0.15, -0.1) is 0 Å². The molecule has 0 aromatic rings. The van der Waals surface area contributed by atoms with E-state index in [4.69, 9.17) is 0 Å². The van der Waals surface area contributed by atoms with Crippen LogP contribution in [0.1, 0.15) is 32.6 Å². The summed E-state index contributed by atoms with van der Waals surface area (Å²) in [6.07, 6.45) is 2.75. The average Bonchev–Trinajstić information content (AvgIpc) is 2.28. The van der Waals surface area contributed by atoms with Crippen LogP contribution in [0.2, 0.25) is 0 Å². The second-order valence-electron chi connectivity index (χ2n) is 4.94. The minimum atomic E-state index is -3.08. The van der Waals surface area contributed by atoms with Crippen molar-refractivity contribution in [3.05, 3.63) is 0 Å². The monoisotopic (exact) mass is 260 g/mol. The first-order valence-electron chi connectivity index (χ1n) is 6.30. The molecule has 0 saturated carbocycles. The Bertz CT molecular complexity index is 394. The summed E-state index contributed by atoms with van der Waals surface area (Å²) in [5.74, 6) is 0.640. The molecule has 0 radical (unpaired) electrons. The van der Waals surface area contributed by atoms with Gasteiger partial charge in [-0.05, 0) is 25.2 Å².